The molecule has 3 nitrogen and oxygen atoms in total. The van der Waals surface area contributed by atoms with Crippen molar-refractivity contribution in [2.45, 2.75) is 11.9 Å². The van der Waals surface area contributed by atoms with Crippen LogP contribution in [-0.4, -0.2) is 16.7 Å². The van der Waals surface area contributed by atoms with E-state index >= 15 is 0 Å². The van der Waals surface area contributed by atoms with Crippen LogP contribution in [0, 0.1) is 0 Å². The lowest BCUT2D eigenvalue weighted by Crippen LogP contribution is -2.29. The summed E-state index contributed by atoms with van der Waals surface area (Å²) in [6.07, 6.45) is 0. The van der Waals surface area contributed by atoms with Crippen LogP contribution < -0.4 is 0 Å². The SMILES string of the molecule is O=C1c2ccccc2C(=O)N1Cc1ccccc1CBr. The van der Waals surface area contributed by atoms with Crippen molar-refractivity contribution in [3.63, 3.8) is 0 Å². The topological polar surface area (TPSA) is 37.4 Å². The normalized spacial score (nSPS) is 13.8. The highest BCUT2D eigenvalue weighted by atomic mass is 79.9. The van der Waals surface area contributed by atoms with Crippen molar-refractivity contribution in [1.82, 2.24) is 4.90 Å². The number of amides is 2. The van der Waals surface area contributed by atoms with E-state index in [4.69, 9.17) is 0 Å². The van der Waals surface area contributed by atoms with Crippen molar-refractivity contribution >= 4 is 27.7 Å². The molecule has 0 bridgehead atoms. The lowest BCUT2D eigenvalue weighted by atomic mass is 10.1. The monoisotopic (exact) mass is 329 g/mol. The standard InChI is InChI=1S/C16H12BrNO2/c17-9-11-5-1-2-6-12(11)10-18-15(19)13-7-3-4-8-14(13)16(18)20/h1-8H,9-10H2. The number of alkyl halides is 1. The number of imide groups is 1. The number of hydrogen-bond donors (Lipinski definition) is 0. The van der Waals surface area contributed by atoms with E-state index in [2.05, 4.69) is 15.9 Å². The molecule has 0 fully saturated rings. The average molecular weight is 330 g/mol. The molecular formula is C16H12BrNO2. The molecular weight excluding hydrogens is 318 g/mol. The highest BCUT2D eigenvalue weighted by Crippen LogP contribution is 2.25. The molecule has 100 valence electrons. The molecule has 0 unspecified atom stereocenters. The largest absolute Gasteiger partial charge is 0.270 e. The lowest BCUT2D eigenvalue weighted by Gasteiger charge is -2.16. The second kappa shape index (κ2) is 5.21. The third-order valence-electron chi connectivity index (χ3n) is 3.47. The number of nitrogens with zero attached hydrogens (tertiary/aromatic N) is 1. The summed E-state index contributed by atoms with van der Waals surface area (Å²) >= 11 is 3.43. The highest BCUT2D eigenvalue weighted by molar-refractivity contribution is 9.08. The molecule has 0 aliphatic carbocycles. The van der Waals surface area contributed by atoms with E-state index in [1.807, 2.05) is 24.3 Å². The maximum Gasteiger partial charge on any atom is 0.261 e. The van der Waals surface area contributed by atoms with E-state index in [-0.39, 0.29) is 11.8 Å². The first-order valence-corrected chi connectivity index (χ1v) is 7.42. The molecule has 2 aromatic carbocycles. The summed E-state index contributed by atoms with van der Waals surface area (Å²) in [5.74, 6) is -0.426. The van der Waals surface area contributed by atoms with Gasteiger partial charge in [0.1, 0.15) is 0 Å². The van der Waals surface area contributed by atoms with Crippen molar-refractivity contribution in [2.24, 2.45) is 0 Å². The molecule has 1 heterocycles. The van der Waals surface area contributed by atoms with E-state index in [0.717, 1.165) is 11.1 Å². The zero-order valence-electron chi connectivity index (χ0n) is 10.7. The van der Waals surface area contributed by atoms with Crippen LogP contribution in [0.25, 0.3) is 0 Å². The van der Waals surface area contributed by atoms with Crippen LogP contribution in [0.3, 0.4) is 0 Å². The maximum atomic E-state index is 12.3. The minimum Gasteiger partial charge on any atom is -0.270 e. The third kappa shape index (κ3) is 2.06. The molecule has 4 heteroatoms. The number of hydrogen-bond acceptors (Lipinski definition) is 2. The molecule has 2 amide bonds. The summed E-state index contributed by atoms with van der Waals surface area (Å²) in [6, 6.07) is 14.8. The van der Waals surface area contributed by atoms with Crippen molar-refractivity contribution in [1.29, 1.82) is 0 Å². The molecule has 0 radical (unpaired) electrons. The summed E-state index contributed by atoms with van der Waals surface area (Å²) < 4.78 is 0. The fourth-order valence-electron chi connectivity index (χ4n) is 2.40. The minimum atomic E-state index is -0.213. The number of carbonyl (C=O) groups is 2. The predicted molar refractivity (Wildman–Crippen MR) is 79.7 cm³/mol. The zero-order valence-corrected chi connectivity index (χ0v) is 12.3. The van der Waals surface area contributed by atoms with Gasteiger partial charge in [-0.1, -0.05) is 52.3 Å². The van der Waals surface area contributed by atoms with Crippen molar-refractivity contribution in [3.05, 3.63) is 70.8 Å². The van der Waals surface area contributed by atoms with Gasteiger partial charge in [-0.3, -0.25) is 14.5 Å². The second-order valence-corrected chi connectivity index (χ2v) is 5.21. The van der Waals surface area contributed by atoms with Crippen molar-refractivity contribution < 1.29 is 9.59 Å². The Morgan fingerprint density at radius 3 is 1.85 bits per heavy atom. The minimum absolute atomic E-state index is 0.213. The van der Waals surface area contributed by atoms with Crippen LogP contribution in [0.15, 0.2) is 48.5 Å². The molecule has 1 aliphatic rings. The van der Waals surface area contributed by atoms with Gasteiger partial charge in [0, 0.05) is 5.33 Å². The lowest BCUT2D eigenvalue weighted by molar-refractivity contribution is 0.0642. The van der Waals surface area contributed by atoms with Crippen LogP contribution in [-0.2, 0) is 11.9 Å². The fraction of sp³-hybridized carbons (Fsp3) is 0.125. The first-order chi connectivity index (χ1) is 9.72. The summed E-state index contributed by atoms with van der Waals surface area (Å²) in [5, 5.41) is 0.701. The summed E-state index contributed by atoms with van der Waals surface area (Å²) in [5.41, 5.74) is 3.06. The van der Waals surface area contributed by atoms with Crippen molar-refractivity contribution in [3.8, 4) is 0 Å². The van der Waals surface area contributed by atoms with Crippen LogP contribution in [0.2, 0.25) is 0 Å². The Morgan fingerprint density at radius 1 is 0.800 bits per heavy atom. The Bertz CT molecular complexity index is 661. The Labute approximate surface area is 125 Å². The molecule has 0 aromatic heterocycles. The van der Waals surface area contributed by atoms with Gasteiger partial charge in [-0.2, -0.15) is 0 Å². The number of benzene rings is 2. The van der Waals surface area contributed by atoms with E-state index in [1.54, 1.807) is 24.3 Å². The number of rotatable bonds is 3. The Morgan fingerprint density at radius 2 is 1.30 bits per heavy atom. The molecule has 0 atom stereocenters. The van der Waals surface area contributed by atoms with Gasteiger partial charge in [0.2, 0.25) is 0 Å². The first kappa shape index (κ1) is 13.1. The Kier molecular flexibility index (Phi) is 3.40. The quantitative estimate of drug-likeness (QED) is 0.639. The number of carbonyl (C=O) groups excluding carboxylic acids is 2. The Hall–Kier alpha value is -1.94. The van der Waals surface area contributed by atoms with E-state index in [0.29, 0.717) is 23.0 Å². The van der Waals surface area contributed by atoms with Gasteiger partial charge in [-0.25, -0.2) is 0 Å². The summed E-state index contributed by atoms with van der Waals surface area (Å²) in [6.45, 7) is 0.314. The second-order valence-electron chi connectivity index (χ2n) is 4.64. The summed E-state index contributed by atoms with van der Waals surface area (Å²) in [4.78, 5) is 25.9. The van der Waals surface area contributed by atoms with E-state index < -0.39 is 0 Å². The Balaban J connectivity index is 1.94. The van der Waals surface area contributed by atoms with Crippen LogP contribution in [0.5, 0.6) is 0 Å². The molecule has 3 rings (SSSR count). The van der Waals surface area contributed by atoms with Gasteiger partial charge in [0.15, 0.2) is 0 Å². The first-order valence-electron chi connectivity index (χ1n) is 6.30. The van der Waals surface area contributed by atoms with Gasteiger partial charge in [-0.15, -0.1) is 0 Å². The van der Waals surface area contributed by atoms with Gasteiger partial charge in [0.05, 0.1) is 17.7 Å². The number of halogens is 1. The maximum absolute atomic E-state index is 12.3. The van der Waals surface area contributed by atoms with E-state index in [1.165, 1.54) is 4.90 Å². The summed E-state index contributed by atoms with van der Waals surface area (Å²) in [7, 11) is 0. The van der Waals surface area contributed by atoms with Gasteiger partial charge in [-0.05, 0) is 23.3 Å². The molecule has 20 heavy (non-hydrogen) atoms. The molecule has 0 saturated heterocycles. The van der Waals surface area contributed by atoms with Crippen LogP contribution >= 0.6 is 15.9 Å². The zero-order chi connectivity index (χ0) is 14.1. The predicted octanol–water partition coefficient (Wildman–Crippen LogP) is 3.38. The molecule has 0 saturated carbocycles. The molecule has 0 N–H and O–H groups in total. The third-order valence-corrected chi connectivity index (χ3v) is 4.07. The fourth-order valence-corrected chi connectivity index (χ4v) is 2.94. The molecule has 2 aromatic rings. The number of fused-ring (bicyclic) bond motifs is 1. The van der Waals surface area contributed by atoms with Crippen molar-refractivity contribution in [2.75, 3.05) is 0 Å². The molecule has 1 aliphatic heterocycles. The van der Waals surface area contributed by atoms with Gasteiger partial charge < -0.3 is 0 Å². The molecule has 0 spiro atoms. The van der Waals surface area contributed by atoms with E-state index in [9.17, 15) is 9.59 Å². The van der Waals surface area contributed by atoms with Gasteiger partial charge in [0.25, 0.3) is 11.8 Å². The average Bonchev–Trinajstić information content (AvgIpc) is 2.73. The van der Waals surface area contributed by atoms with Crippen LogP contribution in [0.1, 0.15) is 31.8 Å². The highest BCUT2D eigenvalue weighted by Gasteiger charge is 2.35. The smallest absolute Gasteiger partial charge is 0.261 e. The van der Waals surface area contributed by atoms with Gasteiger partial charge >= 0.3 is 0 Å². The van der Waals surface area contributed by atoms with Crippen LogP contribution in [0.4, 0.5) is 0 Å².